The van der Waals surface area contributed by atoms with Crippen molar-refractivity contribution in [2.75, 3.05) is 13.7 Å². The number of esters is 1. The van der Waals surface area contributed by atoms with Gasteiger partial charge in [-0.1, -0.05) is 48.5 Å². The first-order chi connectivity index (χ1) is 14.5. The molecule has 1 saturated heterocycles. The highest BCUT2D eigenvalue weighted by molar-refractivity contribution is 6.09. The lowest BCUT2D eigenvalue weighted by Crippen LogP contribution is -2.39. The molecular formula is C24H22N2O4. The number of hydrogen-bond acceptors (Lipinski definition) is 4. The maximum absolute atomic E-state index is 13.3. The first-order valence-corrected chi connectivity index (χ1v) is 10.2. The quantitative estimate of drug-likeness (QED) is 0.539. The van der Waals surface area contributed by atoms with Crippen LogP contribution in [0.2, 0.25) is 0 Å². The molecule has 5 rings (SSSR count). The van der Waals surface area contributed by atoms with Gasteiger partial charge >= 0.3 is 5.97 Å². The van der Waals surface area contributed by atoms with Gasteiger partial charge in [-0.05, 0) is 24.1 Å². The van der Waals surface area contributed by atoms with E-state index in [-0.39, 0.29) is 24.3 Å². The lowest BCUT2D eigenvalue weighted by atomic mass is 9.64. The molecule has 6 heteroatoms. The Morgan fingerprint density at radius 3 is 2.40 bits per heavy atom. The number of imide groups is 1. The average molecular weight is 402 g/mol. The summed E-state index contributed by atoms with van der Waals surface area (Å²) in [5, 5.41) is 0.962. The number of aromatic nitrogens is 1. The number of nitrogens with one attached hydrogen (secondary N) is 1. The number of amides is 2. The van der Waals surface area contributed by atoms with E-state index in [1.54, 1.807) is 6.92 Å². The van der Waals surface area contributed by atoms with Crippen molar-refractivity contribution in [2.24, 2.45) is 11.8 Å². The van der Waals surface area contributed by atoms with E-state index in [0.29, 0.717) is 5.69 Å². The van der Waals surface area contributed by atoms with Crippen LogP contribution in [0.1, 0.15) is 35.6 Å². The topological polar surface area (TPSA) is 79.5 Å². The van der Waals surface area contributed by atoms with Gasteiger partial charge in [0, 0.05) is 29.6 Å². The number of fused-ring (bicyclic) bond motifs is 4. The first kappa shape index (κ1) is 18.6. The zero-order chi connectivity index (χ0) is 21.0. The van der Waals surface area contributed by atoms with Crippen LogP contribution >= 0.6 is 0 Å². The van der Waals surface area contributed by atoms with Gasteiger partial charge in [0.2, 0.25) is 11.8 Å². The third kappa shape index (κ3) is 2.46. The van der Waals surface area contributed by atoms with E-state index in [4.69, 9.17) is 4.74 Å². The molecule has 6 nitrogen and oxygen atoms in total. The molecule has 2 aliphatic rings. The Hall–Kier alpha value is -3.41. The first-order valence-electron chi connectivity index (χ1n) is 10.2. The summed E-state index contributed by atoms with van der Waals surface area (Å²) >= 11 is 0. The molecule has 1 aromatic heterocycles. The van der Waals surface area contributed by atoms with E-state index in [0.717, 1.165) is 22.0 Å². The minimum Gasteiger partial charge on any atom is -0.465 e. The molecule has 30 heavy (non-hydrogen) atoms. The van der Waals surface area contributed by atoms with Crippen molar-refractivity contribution in [3.05, 3.63) is 71.4 Å². The molecule has 0 radical (unpaired) electrons. The van der Waals surface area contributed by atoms with E-state index in [1.807, 2.05) is 54.6 Å². The number of rotatable bonds is 3. The summed E-state index contributed by atoms with van der Waals surface area (Å²) in [4.78, 5) is 44.0. The Morgan fingerprint density at radius 1 is 1.00 bits per heavy atom. The second-order valence-corrected chi connectivity index (χ2v) is 7.90. The molecule has 1 aliphatic carbocycles. The summed E-state index contributed by atoms with van der Waals surface area (Å²) < 4.78 is 5.36. The predicted molar refractivity (Wildman–Crippen MR) is 111 cm³/mol. The van der Waals surface area contributed by atoms with Gasteiger partial charge in [0.15, 0.2) is 0 Å². The van der Waals surface area contributed by atoms with E-state index in [2.05, 4.69) is 4.98 Å². The van der Waals surface area contributed by atoms with E-state index in [9.17, 15) is 14.4 Å². The van der Waals surface area contributed by atoms with Crippen molar-refractivity contribution in [3.63, 3.8) is 0 Å². The SMILES string of the molecule is CCOC(=O)[C@H]1c2[nH]c3ccccc3c2[C@@H](c2ccccc2)[C@H]2C(=O)N(C)C(=O)[C@H]21. The normalized spacial score (nSPS) is 25.3. The highest BCUT2D eigenvalue weighted by atomic mass is 16.5. The molecule has 4 atom stereocenters. The van der Waals surface area contributed by atoms with Crippen molar-refractivity contribution >= 4 is 28.7 Å². The molecule has 0 saturated carbocycles. The number of carbonyl (C=O) groups excluding carboxylic acids is 3. The monoisotopic (exact) mass is 402 g/mol. The number of hydrogen-bond donors (Lipinski definition) is 1. The molecule has 3 aromatic rings. The molecule has 2 aromatic carbocycles. The summed E-state index contributed by atoms with van der Waals surface area (Å²) in [6.07, 6.45) is 0. The summed E-state index contributed by atoms with van der Waals surface area (Å²) in [7, 11) is 1.50. The number of carbonyl (C=O) groups is 3. The van der Waals surface area contributed by atoms with Gasteiger partial charge in [0.05, 0.1) is 18.4 Å². The van der Waals surface area contributed by atoms with Gasteiger partial charge < -0.3 is 9.72 Å². The van der Waals surface area contributed by atoms with E-state index in [1.165, 1.54) is 11.9 Å². The van der Waals surface area contributed by atoms with Gasteiger partial charge in [0.1, 0.15) is 5.92 Å². The van der Waals surface area contributed by atoms with Crippen LogP contribution in [0, 0.1) is 11.8 Å². The Morgan fingerprint density at radius 2 is 1.67 bits per heavy atom. The smallest absolute Gasteiger partial charge is 0.315 e. The van der Waals surface area contributed by atoms with Crippen LogP contribution in [0.15, 0.2) is 54.6 Å². The Balaban J connectivity index is 1.84. The standard InChI is InChI=1S/C24H22N2O4/c1-3-30-24(29)20-19-18(22(27)26(2)23(19)28)16(13-9-5-4-6-10-13)17-14-11-7-8-12-15(14)25-21(17)20/h4-12,16,18-20,25H,3H2,1-2H3/t16-,18-,19-,20-/m1/s1. The second-order valence-electron chi connectivity index (χ2n) is 7.90. The van der Waals surface area contributed by atoms with Gasteiger partial charge in [0.25, 0.3) is 0 Å². The average Bonchev–Trinajstić information content (AvgIpc) is 3.24. The van der Waals surface area contributed by atoms with Crippen LogP contribution in [0.25, 0.3) is 10.9 Å². The molecule has 0 spiro atoms. The number of benzene rings is 2. The van der Waals surface area contributed by atoms with Crippen LogP contribution < -0.4 is 0 Å². The summed E-state index contributed by atoms with van der Waals surface area (Å²) in [5.74, 6) is -3.63. The molecule has 152 valence electrons. The molecular weight excluding hydrogens is 380 g/mol. The number of likely N-dealkylation sites (tertiary alicyclic amines) is 1. The summed E-state index contributed by atoms with van der Waals surface area (Å²) in [6, 6.07) is 17.6. The third-order valence-corrected chi connectivity index (χ3v) is 6.43. The maximum Gasteiger partial charge on any atom is 0.315 e. The molecule has 0 unspecified atom stereocenters. The molecule has 1 N–H and O–H groups in total. The maximum atomic E-state index is 13.3. The molecule has 1 fully saturated rings. The Kier molecular flexibility index (Phi) is 4.24. The number of H-pyrrole nitrogens is 1. The highest BCUT2D eigenvalue weighted by Gasteiger charge is 2.60. The second kappa shape index (κ2) is 6.83. The number of ether oxygens (including phenoxy) is 1. The van der Waals surface area contributed by atoms with Crippen LogP contribution in [0.4, 0.5) is 0 Å². The van der Waals surface area contributed by atoms with Crippen molar-refractivity contribution in [2.45, 2.75) is 18.8 Å². The van der Waals surface area contributed by atoms with Gasteiger partial charge in [-0.25, -0.2) is 0 Å². The van der Waals surface area contributed by atoms with Crippen LogP contribution in [0.3, 0.4) is 0 Å². The largest absolute Gasteiger partial charge is 0.465 e. The fraction of sp³-hybridized carbons (Fsp3) is 0.292. The van der Waals surface area contributed by atoms with E-state index < -0.39 is 23.7 Å². The summed E-state index contributed by atoms with van der Waals surface area (Å²) in [6.45, 7) is 1.95. The molecule has 1 aliphatic heterocycles. The van der Waals surface area contributed by atoms with Crippen molar-refractivity contribution in [1.82, 2.24) is 9.88 Å². The highest BCUT2D eigenvalue weighted by Crippen LogP contribution is 2.55. The Bertz CT molecular complexity index is 1170. The fourth-order valence-electron chi connectivity index (χ4n) is 5.22. The van der Waals surface area contributed by atoms with Gasteiger partial charge in [-0.15, -0.1) is 0 Å². The molecule has 2 amide bonds. The van der Waals surface area contributed by atoms with Gasteiger partial charge in [-0.3, -0.25) is 19.3 Å². The van der Waals surface area contributed by atoms with Crippen LogP contribution in [-0.2, 0) is 19.1 Å². The number of para-hydroxylation sites is 1. The van der Waals surface area contributed by atoms with E-state index >= 15 is 0 Å². The summed E-state index contributed by atoms with van der Waals surface area (Å²) in [5.41, 5.74) is 3.43. The lowest BCUT2D eigenvalue weighted by Gasteiger charge is -2.36. The van der Waals surface area contributed by atoms with Crippen LogP contribution in [0.5, 0.6) is 0 Å². The van der Waals surface area contributed by atoms with Crippen molar-refractivity contribution in [3.8, 4) is 0 Å². The number of nitrogens with zero attached hydrogens (tertiary/aromatic N) is 1. The lowest BCUT2D eigenvalue weighted by molar-refractivity contribution is -0.150. The zero-order valence-corrected chi connectivity index (χ0v) is 16.8. The molecule has 0 bridgehead atoms. The minimum absolute atomic E-state index is 0.211. The van der Waals surface area contributed by atoms with Crippen molar-refractivity contribution in [1.29, 1.82) is 0 Å². The predicted octanol–water partition coefficient (Wildman–Crippen LogP) is 3.19. The third-order valence-electron chi connectivity index (χ3n) is 6.43. The van der Waals surface area contributed by atoms with Crippen molar-refractivity contribution < 1.29 is 19.1 Å². The van der Waals surface area contributed by atoms with Crippen LogP contribution in [-0.4, -0.2) is 41.3 Å². The minimum atomic E-state index is -0.835. The zero-order valence-electron chi connectivity index (χ0n) is 16.8. The van der Waals surface area contributed by atoms with Gasteiger partial charge in [-0.2, -0.15) is 0 Å². The fourth-order valence-corrected chi connectivity index (χ4v) is 5.22. The number of aromatic amines is 1. The molecule has 2 heterocycles. The Labute approximate surface area is 173 Å².